The van der Waals surface area contributed by atoms with E-state index in [9.17, 15) is 19.5 Å². The van der Waals surface area contributed by atoms with E-state index in [0.29, 0.717) is 39.4 Å². The molecule has 2 aromatic heterocycles. The minimum absolute atomic E-state index is 0.128. The zero-order chi connectivity index (χ0) is 38.5. The minimum Gasteiger partial charge on any atom is -0.491 e. The summed E-state index contributed by atoms with van der Waals surface area (Å²) in [6.45, 7) is 3.86. The second kappa shape index (κ2) is 13.2. The zero-order valence-corrected chi connectivity index (χ0v) is 32.5. The Morgan fingerprint density at radius 1 is 0.909 bits per heavy atom. The number of fused-ring (bicyclic) bond motifs is 5. The number of rotatable bonds is 7. The van der Waals surface area contributed by atoms with Crippen molar-refractivity contribution in [3.05, 3.63) is 106 Å². The Kier molecular flexibility index (Phi) is 8.58. The number of amides is 4. The molecule has 3 aromatic carbocycles. The number of halogens is 2. The molecular formula is C42H36Cl2N4O6S. The standard InChI is InChI=1S/C42H36Cl2N4O6S/c1-21-29-18-24(44)8-15-33(29)55-37(21)32-20-34(46(3)45-32)48-39(51)31-19-30-27(36(42(31,2)41(48)53)22-4-11-26(12-5-22)54-17-16-49)13-14-28-35(30)40(52)47(38(28)50)25-9-6-23(43)7-10-25/h4-13,15,18,20,28,30-31,35-36,49H,14,16-17,19H2,1-3H3. The topological polar surface area (TPSA) is 122 Å². The fourth-order valence-electron chi connectivity index (χ4n) is 9.59. The SMILES string of the molecule is Cc1c(-c2cc(N3C(=O)C4CC5C(=CCC6C(=O)N(c7ccc(Cl)cc7)C(=O)C65)C(c5ccc(OCCO)cc5)C4(C)C3=O)n(C)n2)sc2ccc(Cl)cc12. The zero-order valence-electron chi connectivity index (χ0n) is 30.2. The molecule has 2 saturated heterocycles. The number of aromatic nitrogens is 2. The number of allylic oxidation sites excluding steroid dienone is 2. The van der Waals surface area contributed by atoms with Gasteiger partial charge in [-0.25, -0.2) is 4.90 Å². The summed E-state index contributed by atoms with van der Waals surface area (Å²) in [5, 5.41) is 16.3. The van der Waals surface area contributed by atoms with E-state index in [1.54, 1.807) is 65.5 Å². The van der Waals surface area contributed by atoms with Gasteiger partial charge in [-0.2, -0.15) is 5.10 Å². The lowest BCUT2D eigenvalue weighted by Crippen LogP contribution is -2.48. The maximum absolute atomic E-state index is 15.1. The smallest absolute Gasteiger partial charge is 0.242 e. The molecule has 4 amide bonds. The number of nitrogens with zero attached hydrogens (tertiary/aromatic N) is 4. The number of hydrogen-bond acceptors (Lipinski definition) is 8. The fourth-order valence-corrected chi connectivity index (χ4v) is 11.0. The number of anilines is 2. The lowest BCUT2D eigenvalue weighted by molar-refractivity contribution is -0.131. The molecular weight excluding hydrogens is 759 g/mol. The van der Waals surface area contributed by atoms with Crippen LogP contribution >= 0.6 is 34.5 Å². The number of hydrogen-bond donors (Lipinski definition) is 1. The van der Waals surface area contributed by atoms with E-state index in [1.165, 1.54) is 9.80 Å². The van der Waals surface area contributed by atoms with Crippen LogP contribution in [0, 0.1) is 36.0 Å². The molecule has 10 nitrogen and oxygen atoms in total. The van der Waals surface area contributed by atoms with E-state index in [0.717, 1.165) is 31.7 Å². The largest absolute Gasteiger partial charge is 0.491 e. The van der Waals surface area contributed by atoms with E-state index in [-0.39, 0.29) is 43.3 Å². The summed E-state index contributed by atoms with van der Waals surface area (Å²) < 4.78 is 8.28. The first-order valence-electron chi connectivity index (χ1n) is 18.2. The van der Waals surface area contributed by atoms with Gasteiger partial charge < -0.3 is 9.84 Å². The number of benzene rings is 3. The third-order valence-electron chi connectivity index (χ3n) is 12.1. The van der Waals surface area contributed by atoms with Gasteiger partial charge in [0.05, 0.1) is 40.3 Å². The highest BCUT2D eigenvalue weighted by atomic mass is 35.5. The minimum atomic E-state index is -1.23. The average Bonchev–Trinajstić information content (AvgIpc) is 3.84. The molecule has 55 heavy (non-hydrogen) atoms. The van der Waals surface area contributed by atoms with Gasteiger partial charge in [0, 0.05) is 33.8 Å². The summed E-state index contributed by atoms with van der Waals surface area (Å²) >= 11 is 14.0. The van der Waals surface area contributed by atoms with Crippen molar-refractivity contribution < 1.29 is 29.0 Å². The molecule has 6 unspecified atom stereocenters. The molecule has 2 aliphatic carbocycles. The van der Waals surface area contributed by atoms with Crippen LogP contribution in [0.3, 0.4) is 0 Å². The van der Waals surface area contributed by atoms with Gasteiger partial charge in [0.2, 0.25) is 23.6 Å². The first-order valence-corrected chi connectivity index (χ1v) is 19.8. The molecule has 0 bridgehead atoms. The maximum atomic E-state index is 15.1. The Hall–Kier alpha value is -4.81. The fraction of sp³-hybridized carbons (Fsp3) is 0.310. The number of aliphatic hydroxyl groups excluding tert-OH is 1. The van der Waals surface area contributed by atoms with Crippen molar-refractivity contribution in [2.75, 3.05) is 23.0 Å². The van der Waals surface area contributed by atoms with E-state index in [4.69, 9.17) is 33.0 Å². The summed E-state index contributed by atoms with van der Waals surface area (Å²) in [6, 6.07) is 21.5. The normalized spacial score (nSPS) is 26.1. The Labute approximate surface area is 330 Å². The lowest BCUT2D eigenvalue weighted by Gasteiger charge is -2.49. The second-order valence-electron chi connectivity index (χ2n) is 15.0. The molecule has 1 N–H and O–H groups in total. The van der Waals surface area contributed by atoms with Crippen molar-refractivity contribution in [2.24, 2.45) is 36.1 Å². The number of imide groups is 2. The van der Waals surface area contributed by atoms with Crippen LogP contribution in [0.15, 0.2) is 84.4 Å². The van der Waals surface area contributed by atoms with Crippen LogP contribution in [0.25, 0.3) is 20.7 Å². The summed E-state index contributed by atoms with van der Waals surface area (Å²) in [4.78, 5) is 61.8. The van der Waals surface area contributed by atoms with Gasteiger partial charge in [-0.1, -0.05) is 47.0 Å². The molecule has 4 heterocycles. The molecule has 0 spiro atoms. The summed E-state index contributed by atoms with van der Waals surface area (Å²) in [6.07, 6.45) is 2.59. The molecule has 6 atom stereocenters. The summed E-state index contributed by atoms with van der Waals surface area (Å²) in [5.74, 6) is -3.53. The van der Waals surface area contributed by atoms with Gasteiger partial charge in [0.25, 0.3) is 0 Å². The van der Waals surface area contributed by atoms with Crippen molar-refractivity contribution in [2.45, 2.75) is 32.6 Å². The number of aliphatic hydroxyl groups is 1. The predicted octanol–water partition coefficient (Wildman–Crippen LogP) is 7.72. The third-order valence-corrected chi connectivity index (χ3v) is 13.9. The molecule has 4 aliphatic rings. The molecule has 13 heteroatoms. The summed E-state index contributed by atoms with van der Waals surface area (Å²) in [7, 11) is 1.73. The van der Waals surface area contributed by atoms with Crippen molar-refractivity contribution in [3.8, 4) is 16.3 Å². The van der Waals surface area contributed by atoms with Gasteiger partial charge in [0.1, 0.15) is 23.9 Å². The van der Waals surface area contributed by atoms with Crippen LogP contribution in [-0.4, -0.2) is 51.7 Å². The third kappa shape index (κ3) is 5.34. The molecule has 280 valence electrons. The van der Waals surface area contributed by atoms with Crippen LogP contribution in [0.1, 0.15) is 36.8 Å². The van der Waals surface area contributed by atoms with Gasteiger partial charge in [-0.15, -0.1) is 11.3 Å². The summed E-state index contributed by atoms with van der Waals surface area (Å²) in [5.41, 5.74) is 2.55. The molecule has 2 aliphatic heterocycles. The van der Waals surface area contributed by atoms with Gasteiger partial charge in [-0.3, -0.25) is 28.8 Å². The second-order valence-corrected chi connectivity index (χ2v) is 16.9. The van der Waals surface area contributed by atoms with Gasteiger partial charge in [-0.05, 0) is 104 Å². The molecule has 5 aromatic rings. The predicted molar refractivity (Wildman–Crippen MR) is 211 cm³/mol. The molecule has 9 rings (SSSR count). The van der Waals surface area contributed by atoms with Crippen molar-refractivity contribution >= 4 is 79.8 Å². The van der Waals surface area contributed by atoms with Crippen molar-refractivity contribution in [1.82, 2.24) is 9.78 Å². The number of thiophene rings is 1. The Morgan fingerprint density at radius 3 is 2.36 bits per heavy atom. The number of carbonyl (C=O) groups excluding carboxylic acids is 4. The Bertz CT molecular complexity index is 2480. The first kappa shape index (κ1) is 35.9. The molecule has 1 saturated carbocycles. The molecule has 0 radical (unpaired) electrons. The van der Waals surface area contributed by atoms with Crippen molar-refractivity contribution in [1.29, 1.82) is 0 Å². The number of aryl methyl sites for hydroxylation is 2. The quantitative estimate of drug-likeness (QED) is 0.132. The van der Waals surface area contributed by atoms with E-state index in [1.807, 2.05) is 50.3 Å². The average molecular weight is 796 g/mol. The van der Waals surface area contributed by atoms with E-state index < -0.39 is 35.0 Å². The van der Waals surface area contributed by atoms with Crippen LogP contribution in [0.5, 0.6) is 5.75 Å². The van der Waals surface area contributed by atoms with Crippen LogP contribution in [-0.2, 0) is 26.2 Å². The first-order chi connectivity index (χ1) is 26.4. The highest BCUT2D eigenvalue weighted by molar-refractivity contribution is 7.22. The number of ether oxygens (including phenoxy) is 1. The van der Waals surface area contributed by atoms with Crippen LogP contribution in [0.2, 0.25) is 10.0 Å². The van der Waals surface area contributed by atoms with E-state index in [2.05, 4.69) is 0 Å². The maximum Gasteiger partial charge on any atom is 0.242 e. The van der Waals surface area contributed by atoms with E-state index >= 15 is 4.79 Å². The van der Waals surface area contributed by atoms with Crippen molar-refractivity contribution in [3.63, 3.8) is 0 Å². The van der Waals surface area contributed by atoms with Crippen LogP contribution in [0.4, 0.5) is 11.5 Å². The van der Waals surface area contributed by atoms with Gasteiger partial charge in [0.15, 0.2) is 0 Å². The van der Waals surface area contributed by atoms with Gasteiger partial charge >= 0.3 is 0 Å². The highest BCUT2D eigenvalue weighted by Gasteiger charge is 2.68. The Balaban J connectivity index is 1.14. The lowest BCUT2D eigenvalue weighted by atomic mass is 9.51. The molecule has 3 fully saturated rings. The van der Waals surface area contributed by atoms with Crippen LogP contribution < -0.4 is 14.5 Å². The monoisotopic (exact) mass is 794 g/mol. The number of carbonyl (C=O) groups is 4. The Morgan fingerprint density at radius 2 is 1.64 bits per heavy atom. The highest BCUT2D eigenvalue weighted by Crippen LogP contribution is 2.64.